The van der Waals surface area contributed by atoms with E-state index in [0.717, 1.165) is 32.1 Å². The molecule has 1 saturated heterocycles. The summed E-state index contributed by atoms with van der Waals surface area (Å²) in [4.78, 5) is 23.5. The predicted molar refractivity (Wildman–Crippen MR) is 102 cm³/mol. The monoisotopic (exact) mass is 383 g/mol. The summed E-state index contributed by atoms with van der Waals surface area (Å²) in [7, 11) is -3.28. The number of rotatable bonds is 3. The summed E-state index contributed by atoms with van der Waals surface area (Å²) in [6, 6.07) is 5.68. The number of nitro groups is 1. The van der Waals surface area contributed by atoms with Crippen molar-refractivity contribution in [1.29, 1.82) is 0 Å². The third-order valence-corrected chi connectivity index (χ3v) is 6.71. The molecular weight excluding hydrogens is 353 g/mol. The maximum Gasteiger partial charge on any atom is 0.285 e. The van der Waals surface area contributed by atoms with Gasteiger partial charge in [-0.3, -0.25) is 10.1 Å². The molecule has 0 bridgehead atoms. The van der Waals surface area contributed by atoms with Crippen LogP contribution < -0.4 is 9.42 Å². The van der Waals surface area contributed by atoms with E-state index in [2.05, 4.69) is 0 Å². The maximum atomic E-state index is 13.2. The highest BCUT2D eigenvalue weighted by molar-refractivity contribution is 7.59. The van der Waals surface area contributed by atoms with Crippen molar-refractivity contribution in [3.8, 4) is 5.75 Å². The van der Waals surface area contributed by atoms with E-state index in [9.17, 15) is 15.0 Å². The van der Waals surface area contributed by atoms with Crippen molar-refractivity contribution in [3.05, 3.63) is 34.4 Å². The fourth-order valence-corrected chi connectivity index (χ4v) is 5.16. The van der Waals surface area contributed by atoms with Crippen molar-refractivity contribution >= 4 is 13.6 Å². The second-order valence-electron chi connectivity index (χ2n) is 7.06. The Morgan fingerprint density at radius 2 is 1.54 bits per heavy atom. The molecule has 1 aliphatic rings. The Balaban J connectivity index is 2.01. The van der Waals surface area contributed by atoms with Gasteiger partial charge in [0.05, 0.1) is 4.92 Å². The largest absolute Gasteiger partial charge is 0.624 e. The molecule has 1 heterocycles. The lowest BCUT2D eigenvalue weighted by molar-refractivity contribution is -0.384. The second kappa shape index (κ2) is 10.8. The average Bonchev–Trinajstić information content (AvgIpc) is 2.59. The number of benzene rings is 1. The van der Waals surface area contributed by atoms with Crippen molar-refractivity contribution in [2.75, 3.05) is 6.16 Å². The van der Waals surface area contributed by atoms with E-state index in [1.165, 1.54) is 56.4 Å². The van der Waals surface area contributed by atoms with Crippen molar-refractivity contribution in [2.24, 2.45) is 0 Å². The molecule has 1 aliphatic heterocycles. The molecule has 2 atom stereocenters. The average molecular weight is 383 g/mol. The van der Waals surface area contributed by atoms with E-state index < -0.39 is 12.9 Å². The summed E-state index contributed by atoms with van der Waals surface area (Å²) in [5.74, 6) is 0.354. The summed E-state index contributed by atoms with van der Waals surface area (Å²) in [5, 5.41) is 10.8. The van der Waals surface area contributed by atoms with E-state index in [-0.39, 0.29) is 11.8 Å². The fraction of sp³-hybridized carbons (Fsp3) is 0.684. The van der Waals surface area contributed by atoms with Crippen LogP contribution in [0.4, 0.5) is 5.69 Å². The van der Waals surface area contributed by atoms with E-state index in [0.29, 0.717) is 11.9 Å². The van der Waals surface area contributed by atoms with E-state index in [1.54, 1.807) is 0 Å². The van der Waals surface area contributed by atoms with Gasteiger partial charge >= 0.3 is 0 Å². The smallest absolute Gasteiger partial charge is 0.285 e. The molecule has 0 N–H and O–H groups in total. The Morgan fingerprint density at radius 1 is 1.00 bits per heavy atom. The molecule has 2 rings (SSSR count). The molecule has 1 aromatic rings. The zero-order valence-corrected chi connectivity index (χ0v) is 16.5. The highest BCUT2D eigenvalue weighted by Gasteiger charge is 2.34. The van der Waals surface area contributed by atoms with Crippen molar-refractivity contribution in [3.63, 3.8) is 0 Å². The number of non-ortho nitro benzene ring substituents is 1. The van der Waals surface area contributed by atoms with Gasteiger partial charge in [0.15, 0.2) is 5.75 Å². The van der Waals surface area contributed by atoms with Gasteiger partial charge in [-0.1, -0.05) is 44.9 Å². The predicted octanol–water partition coefficient (Wildman–Crippen LogP) is 5.42. The van der Waals surface area contributed by atoms with Crippen molar-refractivity contribution < 1.29 is 18.9 Å². The maximum absolute atomic E-state index is 13.2. The Kier molecular flexibility index (Phi) is 8.76. The van der Waals surface area contributed by atoms with Gasteiger partial charge in [0.25, 0.3) is 13.6 Å². The normalized spacial score (nSPS) is 26.6. The zero-order valence-electron chi connectivity index (χ0n) is 15.6. The Hall–Kier alpha value is -1.23. The van der Waals surface area contributed by atoms with Crippen LogP contribution in [0.15, 0.2) is 24.3 Å². The lowest BCUT2D eigenvalue weighted by atomic mass is 10.1. The summed E-state index contributed by atoms with van der Waals surface area (Å²) in [6.07, 6.45) is 11.4. The van der Waals surface area contributed by atoms with Gasteiger partial charge in [-0.15, -0.1) is 0 Å². The highest BCUT2D eigenvalue weighted by Crippen LogP contribution is 2.54. The van der Waals surface area contributed by atoms with Crippen LogP contribution in [-0.2, 0) is 4.52 Å². The lowest BCUT2D eigenvalue weighted by Crippen LogP contribution is -2.25. The first-order valence-corrected chi connectivity index (χ1v) is 11.4. The Labute approximate surface area is 156 Å². The zero-order chi connectivity index (χ0) is 18.8. The molecule has 6 nitrogen and oxygen atoms in total. The third kappa shape index (κ3) is 7.56. The Morgan fingerprint density at radius 3 is 2.12 bits per heavy atom. The summed E-state index contributed by atoms with van der Waals surface area (Å²) in [5.41, 5.74) is -0.0177. The van der Waals surface area contributed by atoms with Crippen LogP contribution in [0.2, 0.25) is 0 Å². The van der Waals surface area contributed by atoms with Gasteiger partial charge in [-0.2, -0.15) is 4.52 Å². The topological polar surface area (TPSA) is 84.7 Å². The molecule has 0 amide bonds. The van der Waals surface area contributed by atoms with Crippen molar-refractivity contribution in [2.45, 2.75) is 77.2 Å². The number of nitro benzene ring substituents is 1. The van der Waals surface area contributed by atoms with Gasteiger partial charge in [0.1, 0.15) is 12.3 Å². The van der Waals surface area contributed by atoms with Gasteiger partial charge in [0.2, 0.25) is 0 Å². The van der Waals surface area contributed by atoms with Crippen LogP contribution in [0.25, 0.3) is 0 Å². The summed E-state index contributed by atoms with van der Waals surface area (Å²) < 4.78 is 11.6. The van der Waals surface area contributed by atoms with Crippen LogP contribution in [0, 0.1) is 10.1 Å². The molecule has 0 saturated carbocycles. The standard InChI is InChI=1S/C19H30NO5P/c1-17-11-9-7-5-3-2-4-6-8-10-16-26(23,24-17)25-19-14-12-18(13-15-19)20(21)22/h12-15,17H,2-11,16H2,1H3. The molecule has 0 aromatic heterocycles. The number of hydrogen-bond acceptors (Lipinski definition) is 5. The van der Waals surface area contributed by atoms with E-state index in [4.69, 9.17) is 9.05 Å². The SMILES string of the molecule is CC1CCCCCCCCCCC[P+]([O-])(Oc2ccc([N+](=O)[O-])cc2)O1. The fourth-order valence-electron chi connectivity index (χ4n) is 3.21. The molecule has 0 radical (unpaired) electrons. The van der Waals surface area contributed by atoms with Gasteiger partial charge in [-0.25, -0.2) is 0 Å². The molecule has 1 fully saturated rings. The molecule has 146 valence electrons. The molecule has 0 aliphatic carbocycles. The molecular formula is C19H30NO5P. The lowest BCUT2D eigenvalue weighted by Gasteiger charge is -2.30. The van der Waals surface area contributed by atoms with Crippen LogP contribution in [0.5, 0.6) is 5.75 Å². The minimum absolute atomic E-state index is 0.0177. The van der Waals surface area contributed by atoms with Crippen molar-refractivity contribution in [1.82, 2.24) is 0 Å². The molecule has 2 unspecified atom stereocenters. The first-order valence-electron chi connectivity index (χ1n) is 9.70. The van der Waals surface area contributed by atoms with Crippen LogP contribution in [0.1, 0.15) is 71.1 Å². The first kappa shape index (κ1) is 21.1. The van der Waals surface area contributed by atoms with Crippen LogP contribution in [0.3, 0.4) is 0 Å². The van der Waals surface area contributed by atoms with Gasteiger partial charge < -0.3 is 9.42 Å². The number of nitrogens with zero attached hydrogens (tertiary/aromatic N) is 1. The summed E-state index contributed by atoms with van der Waals surface area (Å²) >= 11 is 0. The van der Waals surface area contributed by atoms with Gasteiger partial charge in [-0.05, 0) is 38.3 Å². The molecule has 26 heavy (non-hydrogen) atoms. The first-order chi connectivity index (χ1) is 12.5. The Bertz CT molecular complexity index is 553. The molecule has 7 heteroatoms. The van der Waals surface area contributed by atoms with E-state index in [1.807, 2.05) is 6.92 Å². The highest BCUT2D eigenvalue weighted by atomic mass is 31.2. The van der Waals surface area contributed by atoms with Crippen LogP contribution >= 0.6 is 7.94 Å². The van der Waals surface area contributed by atoms with E-state index >= 15 is 0 Å². The second-order valence-corrected chi connectivity index (χ2v) is 9.13. The quantitative estimate of drug-likeness (QED) is 0.395. The van der Waals surface area contributed by atoms with Crippen LogP contribution in [-0.4, -0.2) is 17.2 Å². The number of hydrogen-bond donors (Lipinski definition) is 0. The third-order valence-electron chi connectivity index (χ3n) is 4.68. The summed E-state index contributed by atoms with van der Waals surface area (Å²) in [6.45, 7) is 1.94. The molecule has 0 spiro atoms. The minimum Gasteiger partial charge on any atom is -0.624 e. The van der Waals surface area contributed by atoms with Gasteiger partial charge in [0, 0.05) is 12.1 Å². The minimum atomic E-state index is -3.28. The molecule has 1 aromatic carbocycles.